The third-order valence-electron chi connectivity index (χ3n) is 1.28. The number of esters is 1. The van der Waals surface area contributed by atoms with Crippen LogP contribution in [0.15, 0.2) is 0 Å². The second kappa shape index (κ2) is 6.12. The van der Waals surface area contributed by atoms with Crippen molar-refractivity contribution < 1.29 is 14.3 Å². The average molecular weight is 161 g/mol. The Bertz CT molecular complexity index is 116. The lowest BCUT2D eigenvalue weighted by Gasteiger charge is -2.07. The van der Waals surface area contributed by atoms with Crippen LogP contribution in [0, 0.1) is 0 Å². The van der Waals surface area contributed by atoms with Crippen LogP contribution >= 0.6 is 0 Å². The van der Waals surface area contributed by atoms with Crippen LogP contribution in [-0.4, -0.2) is 32.3 Å². The summed E-state index contributed by atoms with van der Waals surface area (Å²) >= 11 is 0. The zero-order chi connectivity index (χ0) is 8.69. The summed E-state index contributed by atoms with van der Waals surface area (Å²) in [4.78, 5) is 10.7. The summed E-state index contributed by atoms with van der Waals surface area (Å²) in [6.45, 7) is 3.05. The normalized spacial score (nSPS) is 12.6. The van der Waals surface area contributed by atoms with Gasteiger partial charge in [-0.05, 0) is 13.3 Å². The highest BCUT2D eigenvalue weighted by Crippen LogP contribution is 1.91. The molecule has 0 spiro atoms. The molecule has 0 saturated carbocycles. The van der Waals surface area contributed by atoms with E-state index in [9.17, 15) is 4.79 Å². The highest BCUT2D eigenvalue weighted by Gasteiger charge is 2.12. The third kappa shape index (κ3) is 4.75. The van der Waals surface area contributed by atoms with Gasteiger partial charge in [-0.25, -0.2) is 0 Å². The van der Waals surface area contributed by atoms with E-state index >= 15 is 0 Å². The number of carbonyl (C=O) groups excluding carboxylic acids is 1. The number of hydrogen-bond acceptors (Lipinski definition) is 4. The van der Waals surface area contributed by atoms with Crippen molar-refractivity contribution in [1.82, 2.24) is 0 Å². The zero-order valence-electron chi connectivity index (χ0n) is 7.00. The van der Waals surface area contributed by atoms with Crippen molar-refractivity contribution >= 4 is 5.97 Å². The molecule has 2 N–H and O–H groups in total. The highest BCUT2D eigenvalue weighted by atomic mass is 16.5. The van der Waals surface area contributed by atoms with E-state index in [0.717, 1.165) is 0 Å². The fourth-order valence-corrected chi connectivity index (χ4v) is 0.624. The minimum atomic E-state index is -0.549. The molecule has 0 heterocycles. The second-order valence-corrected chi connectivity index (χ2v) is 2.12. The van der Waals surface area contributed by atoms with Crippen LogP contribution in [0.4, 0.5) is 0 Å². The predicted octanol–water partition coefficient (Wildman–Crippen LogP) is -0.0867. The topological polar surface area (TPSA) is 61.5 Å². The molecule has 0 aromatic rings. The average Bonchev–Trinajstić information content (AvgIpc) is 2.03. The molecule has 0 bridgehead atoms. The number of ether oxygens (including phenoxy) is 2. The molecule has 0 amide bonds. The molecule has 11 heavy (non-hydrogen) atoms. The fraction of sp³-hybridized carbons (Fsp3) is 0.857. The SMILES string of the molecule is CCOCC[C@@H](N)C(=O)OC. The monoisotopic (exact) mass is 161 g/mol. The molecule has 0 rings (SSSR count). The largest absolute Gasteiger partial charge is 0.468 e. The first-order valence-electron chi connectivity index (χ1n) is 3.63. The Labute approximate surface area is 66.7 Å². The number of nitrogens with two attached hydrogens (primary N) is 1. The summed E-state index contributed by atoms with van der Waals surface area (Å²) in [6, 6.07) is -0.549. The Morgan fingerprint density at radius 3 is 2.73 bits per heavy atom. The van der Waals surface area contributed by atoms with Crippen LogP contribution in [0.5, 0.6) is 0 Å². The summed E-state index contributed by atoms with van der Waals surface area (Å²) in [6.07, 6.45) is 0.514. The van der Waals surface area contributed by atoms with Gasteiger partial charge in [-0.2, -0.15) is 0 Å². The summed E-state index contributed by atoms with van der Waals surface area (Å²) in [5.74, 6) is -0.385. The third-order valence-corrected chi connectivity index (χ3v) is 1.28. The lowest BCUT2D eigenvalue weighted by Crippen LogP contribution is -2.32. The molecule has 0 unspecified atom stereocenters. The van der Waals surface area contributed by atoms with E-state index in [4.69, 9.17) is 10.5 Å². The maximum absolute atomic E-state index is 10.7. The van der Waals surface area contributed by atoms with Crippen LogP contribution in [0.1, 0.15) is 13.3 Å². The molecule has 66 valence electrons. The van der Waals surface area contributed by atoms with Gasteiger partial charge in [0.2, 0.25) is 0 Å². The van der Waals surface area contributed by atoms with Crippen molar-refractivity contribution in [3.8, 4) is 0 Å². The molecule has 1 atom stereocenters. The Hall–Kier alpha value is -0.610. The molecule has 0 aliphatic carbocycles. The van der Waals surface area contributed by atoms with E-state index < -0.39 is 6.04 Å². The van der Waals surface area contributed by atoms with Crippen molar-refractivity contribution in [2.75, 3.05) is 20.3 Å². The van der Waals surface area contributed by atoms with Crippen molar-refractivity contribution in [1.29, 1.82) is 0 Å². The Balaban J connectivity index is 3.36. The van der Waals surface area contributed by atoms with Gasteiger partial charge in [-0.15, -0.1) is 0 Å². The predicted molar refractivity (Wildman–Crippen MR) is 41.1 cm³/mol. The van der Waals surface area contributed by atoms with E-state index in [1.54, 1.807) is 0 Å². The molecule has 0 aliphatic heterocycles. The van der Waals surface area contributed by atoms with Gasteiger partial charge in [-0.1, -0.05) is 0 Å². The smallest absolute Gasteiger partial charge is 0.322 e. The van der Waals surface area contributed by atoms with Gasteiger partial charge in [0, 0.05) is 13.2 Å². The lowest BCUT2D eigenvalue weighted by atomic mass is 10.2. The van der Waals surface area contributed by atoms with Crippen LogP contribution in [0.25, 0.3) is 0 Å². The number of carbonyl (C=O) groups is 1. The second-order valence-electron chi connectivity index (χ2n) is 2.12. The van der Waals surface area contributed by atoms with Crippen molar-refractivity contribution in [2.24, 2.45) is 5.73 Å². The van der Waals surface area contributed by atoms with Gasteiger partial charge >= 0.3 is 5.97 Å². The van der Waals surface area contributed by atoms with Crippen molar-refractivity contribution in [2.45, 2.75) is 19.4 Å². The highest BCUT2D eigenvalue weighted by molar-refractivity contribution is 5.75. The maximum atomic E-state index is 10.7. The molecule has 0 aromatic carbocycles. The van der Waals surface area contributed by atoms with Gasteiger partial charge in [0.1, 0.15) is 6.04 Å². The molecule has 0 radical (unpaired) electrons. The summed E-state index contributed by atoms with van der Waals surface area (Å²) in [7, 11) is 1.32. The van der Waals surface area contributed by atoms with Crippen LogP contribution in [0.3, 0.4) is 0 Å². The van der Waals surface area contributed by atoms with Gasteiger partial charge in [0.25, 0.3) is 0 Å². The molecule has 4 nitrogen and oxygen atoms in total. The standard InChI is InChI=1S/C7H15NO3/c1-3-11-5-4-6(8)7(9)10-2/h6H,3-5,8H2,1-2H3/t6-/m1/s1. The molecule has 4 heteroatoms. The van der Waals surface area contributed by atoms with E-state index in [0.29, 0.717) is 19.6 Å². The number of rotatable bonds is 5. The maximum Gasteiger partial charge on any atom is 0.322 e. The number of methoxy groups -OCH3 is 1. The van der Waals surface area contributed by atoms with Gasteiger partial charge < -0.3 is 15.2 Å². The number of hydrogen-bond donors (Lipinski definition) is 1. The first kappa shape index (κ1) is 10.4. The fourth-order valence-electron chi connectivity index (χ4n) is 0.624. The zero-order valence-corrected chi connectivity index (χ0v) is 7.00. The van der Waals surface area contributed by atoms with Crippen molar-refractivity contribution in [3.05, 3.63) is 0 Å². The Kier molecular flexibility index (Phi) is 5.78. The molecule has 0 aliphatic rings. The minimum Gasteiger partial charge on any atom is -0.468 e. The molecular weight excluding hydrogens is 146 g/mol. The van der Waals surface area contributed by atoms with Crippen LogP contribution in [0.2, 0.25) is 0 Å². The minimum absolute atomic E-state index is 0.385. The van der Waals surface area contributed by atoms with Gasteiger partial charge in [0.05, 0.1) is 7.11 Å². The van der Waals surface area contributed by atoms with E-state index in [1.807, 2.05) is 6.92 Å². The van der Waals surface area contributed by atoms with Crippen LogP contribution in [-0.2, 0) is 14.3 Å². The Morgan fingerprint density at radius 2 is 2.27 bits per heavy atom. The van der Waals surface area contributed by atoms with E-state index in [2.05, 4.69) is 4.74 Å². The van der Waals surface area contributed by atoms with Gasteiger partial charge in [0.15, 0.2) is 0 Å². The quantitative estimate of drug-likeness (QED) is 0.452. The molecule has 0 saturated heterocycles. The lowest BCUT2D eigenvalue weighted by molar-refractivity contribution is -0.142. The summed E-state index contributed by atoms with van der Waals surface area (Å²) < 4.78 is 9.43. The Morgan fingerprint density at radius 1 is 1.64 bits per heavy atom. The molecule has 0 fully saturated rings. The van der Waals surface area contributed by atoms with E-state index in [-0.39, 0.29) is 5.97 Å². The van der Waals surface area contributed by atoms with Crippen molar-refractivity contribution in [3.63, 3.8) is 0 Å². The van der Waals surface area contributed by atoms with Gasteiger partial charge in [-0.3, -0.25) is 4.79 Å². The molecule has 0 aromatic heterocycles. The van der Waals surface area contributed by atoms with Crippen LogP contribution < -0.4 is 5.73 Å². The van der Waals surface area contributed by atoms with E-state index in [1.165, 1.54) is 7.11 Å². The summed E-state index contributed by atoms with van der Waals surface area (Å²) in [5, 5.41) is 0. The molecular formula is C7H15NO3. The summed E-state index contributed by atoms with van der Waals surface area (Å²) in [5.41, 5.74) is 5.41. The first-order chi connectivity index (χ1) is 5.22. The first-order valence-corrected chi connectivity index (χ1v) is 3.63.